The minimum Gasteiger partial charge on any atom is -0.362 e. The highest BCUT2D eigenvalue weighted by molar-refractivity contribution is 9.10. The van der Waals surface area contributed by atoms with E-state index in [1.165, 1.54) is 0 Å². The van der Waals surface area contributed by atoms with Gasteiger partial charge in [0, 0.05) is 50.0 Å². The van der Waals surface area contributed by atoms with Gasteiger partial charge in [0.2, 0.25) is 0 Å². The number of hydrogen-bond acceptors (Lipinski definition) is 4. The van der Waals surface area contributed by atoms with Crippen LogP contribution < -0.4 is 10.6 Å². The molecule has 4 rings (SSSR count). The lowest BCUT2D eigenvalue weighted by molar-refractivity contribution is -0.118. The molecule has 7 heteroatoms. The number of hydrogen-bond donors (Lipinski definition) is 2. The van der Waals surface area contributed by atoms with Crippen molar-refractivity contribution < 1.29 is 9.59 Å². The van der Waals surface area contributed by atoms with Gasteiger partial charge in [-0.2, -0.15) is 0 Å². The number of allylic oxidation sites excluding steroid dienone is 3. The van der Waals surface area contributed by atoms with Crippen molar-refractivity contribution in [3.63, 3.8) is 0 Å². The Morgan fingerprint density at radius 3 is 2.61 bits per heavy atom. The van der Waals surface area contributed by atoms with Gasteiger partial charge in [-0.05, 0) is 64.5 Å². The van der Waals surface area contributed by atoms with Crippen LogP contribution in [-0.2, 0) is 9.59 Å². The molecule has 1 atom stereocenters. The Labute approximate surface area is 198 Å². The van der Waals surface area contributed by atoms with Gasteiger partial charge < -0.3 is 10.6 Å². The normalized spacial score (nSPS) is 20.3. The quantitative estimate of drug-likeness (QED) is 0.508. The van der Waals surface area contributed by atoms with E-state index >= 15 is 0 Å². The highest BCUT2D eigenvalue weighted by Gasteiger charge is 2.42. The topological polar surface area (TPSA) is 71.1 Å². The number of rotatable bonds is 3. The van der Waals surface area contributed by atoms with Crippen molar-refractivity contribution in [3.8, 4) is 0 Å². The number of Topliss-reactive ketones (excluding diaryl/α,β-unsaturated/α-hetero) is 1. The molecule has 160 valence electrons. The van der Waals surface area contributed by atoms with Gasteiger partial charge in [0.05, 0.1) is 0 Å². The van der Waals surface area contributed by atoms with Crippen LogP contribution in [0.2, 0.25) is 0 Å². The lowest BCUT2D eigenvalue weighted by Crippen LogP contribution is -2.39. The van der Waals surface area contributed by atoms with Crippen LogP contribution in [-0.4, -0.2) is 16.7 Å². The highest BCUT2D eigenvalue weighted by Crippen LogP contribution is 2.47. The third kappa shape index (κ3) is 4.53. The van der Waals surface area contributed by atoms with E-state index < -0.39 is 5.92 Å². The van der Waals surface area contributed by atoms with Crippen molar-refractivity contribution in [2.45, 2.75) is 39.5 Å². The molecule has 1 unspecified atom stereocenters. The Balaban J connectivity index is 1.80. The summed E-state index contributed by atoms with van der Waals surface area (Å²) in [6.07, 6.45) is 2.86. The first-order valence-electron chi connectivity index (χ1n) is 10.1. The summed E-state index contributed by atoms with van der Waals surface area (Å²) in [5.74, 6) is -0.164. The standard InChI is InChI=1S/C24H23Br2N3O2/c1-13-20(23(31)29-19-8-7-16(26)12-27-19)21(14-5-4-6-15(25)9-14)22-17(28-13)10-24(2,3)11-18(22)30/h4-9,12,21,28H,10-11H2,1-3H3,(H,27,29,31). The maximum Gasteiger partial charge on any atom is 0.255 e. The van der Waals surface area contributed by atoms with E-state index in [0.717, 1.165) is 32.3 Å². The summed E-state index contributed by atoms with van der Waals surface area (Å²) in [5, 5.41) is 6.28. The third-order valence-corrected chi connectivity index (χ3v) is 6.60. The van der Waals surface area contributed by atoms with E-state index in [1.807, 2.05) is 37.3 Å². The van der Waals surface area contributed by atoms with E-state index in [9.17, 15) is 9.59 Å². The summed E-state index contributed by atoms with van der Waals surface area (Å²) in [4.78, 5) is 31.0. The van der Waals surface area contributed by atoms with Crippen LogP contribution in [0.25, 0.3) is 0 Å². The van der Waals surface area contributed by atoms with E-state index in [1.54, 1.807) is 12.3 Å². The molecule has 1 aromatic heterocycles. The molecule has 0 radical (unpaired) electrons. The SMILES string of the molecule is CC1=C(C(=O)Nc2ccc(Br)cn2)C(c2cccc(Br)c2)C2=C(CC(C)(C)CC2=O)N1. The molecule has 2 aliphatic rings. The zero-order chi connectivity index (χ0) is 22.3. The molecule has 5 nitrogen and oxygen atoms in total. The maximum atomic E-state index is 13.4. The van der Waals surface area contributed by atoms with Crippen molar-refractivity contribution in [1.82, 2.24) is 10.3 Å². The number of anilines is 1. The first-order chi connectivity index (χ1) is 14.6. The van der Waals surface area contributed by atoms with Crippen molar-refractivity contribution in [3.05, 3.63) is 79.6 Å². The first kappa shape index (κ1) is 22.0. The number of ketones is 1. The molecule has 2 heterocycles. The van der Waals surface area contributed by atoms with Crippen molar-refractivity contribution in [1.29, 1.82) is 0 Å². The summed E-state index contributed by atoms with van der Waals surface area (Å²) in [6, 6.07) is 11.4. The van der Waals surface area contributed by atoms with Crippen LogP contribution in [0.4, 0.5) is 5.82 Å². The molecule has 1 aromatic carbocycles. The Kier molecular flexibility index (Phi) is 5.92. The van der Waals surface area contributed by atoms with Crippen LogP contribution in [0.5, 0.6) is 0 Å². The van der Waals surface area contributed by atoms with Gasteiger partial charge in [0.15, 0.2) is 5.78 Å². The van der Waals surface area contributed by atoms with Crippen molar-refractivity contribution in [2.24, 2.45) is 5.41 Å². The molecule has 2 aromatic rings. The number of nitrogens with zero attached hydrogens (tertiary/aromatic N) is 1. The van der Waals surface area contributed by atoms with Gasteiger partial charge in [0.1, 0.15) is 5.82 Å². The number of nitrogens with one attached hydrogen (secondary N) is 2. The molecule has 0 bridgehead atoms. The number of aromatic nitrogens is 1. The summed E-state index contributed by atoms with van der Waals surface area (Å²) in [6.45, 7) is 6.10. The average molecular weight is 545 g/mol. The Hall–Kier alpha value is -2.25. The summed E-state index contributed by atoms with van der Waals surface area (Å²) in [5.41, 5.74) is 3.69. The summed E-state index contributed by atoms with van der Waals surface area (Å²) in [7, 11) is 0. The van der Waals surface area contributed by atoms with Crippen LogP contribution in [0.15, 0.2) is 74.1 Å². The molecule has 1 aliphatic carbocycles. The molecule has 31 heavy (non-hydrogen) atoms. The molecule has 0 saturated heterocycles. The molecular formula is C24H23Br2N3O2. The second kappa shape index (κ2) is 8.36. The van der Waals surface area contributed by atoms with Crippen LogP contribution in [0.3, 0.4) is 0 Å². The zero-order valence-corrected chi connectivity index (χ0v) is 20.7. The monoisotopic (exact) mass is 543 g/mol. The minimum atomic E-state index is -0.437. The van der Waals surface area contributed by atoms with Crippen LogP contribution in [0.1, 0.15) is 45.1 Å². The Morgan fingerprint density at radius 2 is 1.94 bits per heavy atom. The van der Waals surface area contributed by atoms with Gasteiger partial charge in [-0.1, -0.05) is 41.9 Å². The average Bonchev–Trinajstić information content (AvgIpc) is 2.67. The van der Waals surface area contributed by atoms with Gasteiger partial charge in [-0.3, -0.25) is 9.59 Å². The number of pyridine rings is 1. The smallest absolute Gasteiger partial charge is 0.255 e. The number of dihydropyridines is 1. The van der Waals surface area contributed by atoms with Crippen LogP contribution >= 0.6 is 31.9 Å². The fourth-order valence-electron chi connectivity index (χ4n) is 4.39. The maximum absolute atomic E-state index is 13.4. The highest BCUT2D eigenvalue weighted by atomic mass is 79.9. The summed E-state index contributed by atoms with van der Waals surface area (Å²) < 4.78 is 1.73. The Bertz CT molecular complexity index is 1130. The largest absolute Gasteiger partial charge is 0.362 e. The van der Waals surface area contributed by atoms with Crippen LogP contribution in [0, 0.1) is 5.41 Å². The van der Waals surface area contributed by atoms with Gasteiger partial charge in [0.25, 0.3) is 5.91 Å². The number of carbonyl (C=O) groups is 2. The fraction of sp³-hybridized carbons (Fsp3) is 0.292. The van der Waals surface area contributed by atoms with Gasteiger partial charge in [-0.25, -0.2) is 4.98 Å². The predicted octanol–water partition coefficient (Wildman–Crippen LogP) is 5.85. The zero-order valence-electron chi connectivity index (χ0n) is 17.6. The van der Waals surface area contributed by atoms with E-state index in [4.69, 9.17) is 0 Å². The molecular weight excluding hydrogens is 522 g/mol. The number of carbonyl (C=O) groups excluding carboxylic acids is 2. The fourth-order valence-corrected chi connectivity index (χ4v) is 5.04. The summed E-state index contributed by atoms with van der Waals surface area (Å²) >= 11 is 6.89. The molecule has 0 saturated carbocycles. The number of amides is 1. The number of halogens is 2. The van der Waals surface area contributed by atoms with E-state index in [2.05, 4.69) is 61.3 Å². The second-order valence-corrected chi connectivity index (χ2v) is 10.6. The molecule has 2 N–H and O–H groups in total. The lowest BCUT2D eigenvalue weighted by Gasteiger charge is -2.39. The third-order valence-electron chi connectivity index (χ3n) is 5.64. The predicted molar refractivity (Wildman–Crippen MR) is 128 cm³/mol. The molecule has 0 fully saturated rings. The molecule has 1 amide bonds. The van der Waals surface area contributed by atoms with Crippen molar-refractivity contribution >= 4 is 49.4 Å². The van der Waals surface area contributed by atoms with Gasteiger partial charge in [-0.15, -0.1) is 0 Å². The van der Waals surface area contributed by atoms with E-state index in [-0.39, 0.29) is 17.1 Å². The first-order valence-corrected chi connectivity index (χ1v) is 11.7. The minimum absolute atomic E-state index is 0.0864. The van der Waals surface area contributed by atoms with Gasteiger partial charge >= 0.3 is 0 Å². The van der Waals surface area contributed by atoms with E-state index in [0.29, 0.717) is 23.4 Å². The van der Waals surface area contributed by atoms with Crippen molar-refractivity contribution in [2.75, 3.05) is 5.32 Å². The lowest BCUT2D eigenvalue weighted by atomic mass is 9.68. The molecule has 0 spiro atoms. The number of benzene rings is 1. The Morgan fingerprint density at radius 1 is 1.16 bits per heavy atom. The molecule has 1 aliphatic heterocycles. The second-order valence-electron chi connectivity index (χ2n) is 8.80.